The standard InChI is InChI=1S/C12H13N5O2/c18-11(19)9-4-8-17(15-9)12-13-5-3-10(14-12)16-6-1-2-7-16/h3-5,8H,1-2,6-7H2,(H,18,19). The molecule has 1 aliphatic heterocycles. The van der Waals surface area contributed by atoms with Gasteiger partial charge in [0.15, 0.2) is 5.69 Å². The molecule has 2 aromatic heterocycles. The van der Waals surface area contributed by atoms with Crippen molar-refractivity contribution in [3.05, 3.63) is 30.2 Å². The summed E-state index contributed by atoms with van der Waals surface area (Å²) in [5.41, 5.74) is -0.0184. The van der Waals surface area contributed by atoms with E-state index in [1.165, 1.54) is 23.6 Å². The highest BCUT2D eigenvalue weighted by Gasteiger charge is 2.15. The Labute approximate surface area is 109 Å². The lowest BCUT2D eigenvalue weighted by Crippen LogP contribution is -2.20. The molecule has 0 aromatic carbocycles. The number of carbonyl (C=O) groups is 1. The van der Waals surface area contributed by atoms with Crippen molar-refractivity contribution in [2.45, 2.75) is 12.8 Å². The van der Waals surface area contributed by atoms with Crippen molar-refractivity contribution >= 4 is 11.8 Å². The summed E-state index contributed by atoms with van der Waals surface area (Å²) in [7, 11) is 0. The summed E-state index contributed by atoms with van der Waals surface area (Å²) in [5.74, 6) is 0.182. The van der Waals surface area contributed by atoms with Crippen molar-refractivity contribution in [3.8, 4) is 5.95 Å². The van der Waals surface area contributed by atoms with Gasteiger partial charge in [0, 0.05) is 25.5 Å². The number of nitrogens with zero attached hydrogens (tertiary/aromatic N) is 5. The highest BCUT2D eigenvalue weighted by atomic mass is 16.4. The molecule has 0 atom stereocenters. The molecule has 0 bridgehead atoms. The van der Waals surface area contributed by atoms with Gasteiger partial charge in [0.2, 0.25) is 0 Å². The van der Waals surface area contributed by atoms with Gasteiger partial charge in [-0.05, 0) is 25.0 Å². The zero-order valence-electron chi connectivity index (χ0n) is 10.2. The number of aromatic nitrogens is 4. The van der Waals surface area contributed by atoms with Crippen molar-refractivity contribution in [3.63, 3.8) is 0 Å². The number of rotatable bonds is 3. The van der Waals surface area contributed by atoms with Crippen LogP contribution in [0.4, 0.5) is 5.82 Å². The summed E-state index contributed by atoms with van der Waals surface area (Å²) >= 11 is 0. The summed E-state index contributed by atoms with van der Waals surface area (Å²) in [6, 6.07) is 3.28. The lowest BCUT2D eigenvalue weighted by molar-refractivity contribution is 0.0690. The number of hydrogen-bond acceptors (Lipinski definition) is 5. The van der Waals surface area contributed by atoms with Gasteiger partial charge in [-0.25, -0.2) is 14.5 Å². The third-order valence-corrected chi connectivity index (χ3v) is 3.07. The molecule has 0 amide bonds. The minimum Gasteiger partial charge on any atom is -0.476 e. The van der Waals surface area contributed by atoms with Gasteiger partial charge in [-0.3, -0.25) is 0 Å². The monoisotopic (exact) mass is 259 g/mol. The van der Waals surface area contributed by atoms with E-state index in [2.05, 4.69) is 20.0 Å². The van der Waals surface area contributed by atoms with E-state index in [0.29, 0.717) is 5.95 Å². The van der Waals surface area contributed by atoms with E-state index in [4.69, 9.17) is 5.11 Å². The largest absolute Gasteiger partial charge is 0.476 e. The molecule has 0 saturated carbocycles. The maximum Gasteiger partial charge on any atom is 0.356 e. The van der Waals surface area contributed by atoms with Crippen LogP contribution in [0.2, 0.25) is 0 Å². The number of carboxylic acid groups (broad SMARTS) is 1. The molecular weight excluding hydrogens is 246 g/mol. The first kappa shape index (κ1) is 11.6. The predicted molar refractivity (Wildman–Crippen MR) is 67.6 cm³/mol. The molecule has 1 saturated heterocycles. The zero-order chi connectivity index (χ0) is 13.2. The predicted octanol–water partition coefficient (Wildman–Crippen LogP) is 0.961. The fourth-order valence-corrected chi connectivity index (χ4v) is 2.12. The fraction of sp³-hybridized carbons (Fsp3) is 0.333. The number of anilines is 1. The van der Waals surface area contributed by atoms with Crippen LogP contribution in [-0.2, 0) is 0 Å². The van der Waals surface area contributed by atoms with Crippen molar-refractivity contribution in [1.29, 1.82) is 0 Å². The van der Waals surface area contributed by atoms with E-state index in [-0.39, 0.29) is 5.69 Å². The van der Waals surface area contributed by atoms with Gasteiger partial charge in [0.05, 0.1) is 0 Å². The van der Waals surface area contributed by atoms with Gasteiger partial charge >= 0.3 is 5.97 Å². The molecule has 1 fully saturated rings. The maximum atomic E-state index is 10.8. The normalized spacial score (nSPS) is 14.8. The molecule has 19 heavy (non-hydrogen) atoms. The molecule has 0 aliphatic carbocycles. The van der Waals surface area contributed by atoms with E-state index < -0.39 is 5.97 Å². The first-order valence-electron chi connectivity index (χ1n) is 6.11. The molecule has 0 radical (unpaired) electrons. The number of carboxylic acids is 1. The summed E-state index contributed by atoms with van der Waals surface area (Å²) in [6.45, 7) is 1.99. The van der Waals surface area contributed by atoms with Crippen LogP contribution in [-0.4, -0.2) is 43.9 Å². The van der Waals surface area contributed by atoms with Gasteiger partial charge in [0.1, 0.15) is 5.82 Å². The minimum absolute atomic E-state index is 0.0184. The minimum atomic E-state index is -1.06. The first-order valence-corrected chi connectivity index (χ1v) is 6.11. The molecular formula is C12H13N5O2. The Morgan fingerprint density at radius 1 is 1.26 bits per heavy atom. The molecule has 2 aromatic rings. The Balaban J connectivity index is 1.91. The Hall–Kier alpha value is -2.44. The van der Waals surface area contributed by atoms with Crippen LogP contribution in [0, 0.1) is 0 Å². The summed E-state index contributed by atoms with van der Waals surface area (Å²) in [6.07, 6.45) is 5.55. The maximum absolute atomic E-state index is 10.8. The lowest BCUT2D eigenvalue weighted by atomic mass is 10.4. The smallest absolute Gasteiger partial charge is 0.356 e. The highest BCUT2D eigenvalue weighted by Crippen LogP contribution is 2.17. The number of aromatic carboxylic acids is 1. The molecule has 3 heterocycles. The van der Waals surface area contributed by atoms with Gasteiger partial charge in [0.25, 0.3) is 5.95 Å². The lowest BCUT2D eigenvalue weighted by Gasteiger charge is -2.16. The van der Waals surface area contributed by atoms with E-state index >= 15 is 0 Å². The highest BCUT2D eigenvalue weighted by molar-refractivity contribution is 5.85. The van der Waals surface area contributed by atoms with Crippen LogP contribution >= 0.6 is 0 Å². The zero-order valence-corrected chi connectivity index (χ0v) is 10.2. The Kier molecular flexibility index (Phi) is 2.86. The van der Waals surface area contributed by atoms with Gasteiger partial charge < -0.3 is 10.0 Å². The third-order valence-electron chi connectivity index (χ3n) is 3.07. The van der Waals surface area contributed by atoms with E-state index in [1.54, 1.807) is 12.4 Å². The Bertz CT molecular complexity index is 604. The Morgan fingerprint density at radius 3 is 2.74 bits per heavy atom. The molecule has 3 rings (SSSR count). The topological polar surface area (TPSA) is 84.1 Å². The molecule has 7 nitrogen and oxygen atoms in total. The molecule has 7 heteroatoms. The average Bonchev–Trinajstić information content (AvgIpc) is 3.10. The van der Waals surface area contributed by atoms with Crippen LogP contribution in [0.5, 0.6) is 0 Å². The van der Waals surface area contributed by atoms with Gasteiger partial charge in [-0.2, -0.15) is 10.1 Å². The second-order valence-electron chi connectivity index (χ2n) is 4.36. The van der Waals surface area contributed by atoms with E-state index in [9.17, 15) is 4.79 Å². The fourth-order valence-electron chi connectivity index (χ4n) is 2.12. The molecule has 1 aliphatic rings. The van der Waals surface area contributed by atoms with Gasteiger partial charge in [-0.1, -0.05) is 0 Å². The molecule has 0 spiro atoms. The summed E-state index contributed by atoms with van der Waals surface area (Å²) in [4.78, 5) is 21.5. The van der Waals surface area contributed by atoms with Crippen molar-refractivity contribution in [1.82, 2.24) is 19.7 Å². The summed E-state index contributed by atoms with van der Waals surface area (Å²) in [5, 5.41) is 12.8. The van der Waals surface area contributed by atoms with Crippen LogP contribution in [0.15, 0.2) is 24.5 Å². The quantitative estimate of drug-likeness (QED) is 0.883. The van der Waals surface area contributed by atoms with Crippen molar-refractivity contribution in [2.75, 3.05) is 18.0 Å². The summed E-state index contributed by atoms with van der Waals surface area (Å²) < 4.78 is 1.38. The van der Waals surface area contributed by atoms with E-state index in [0.717, 1.165) is 18.9 Å². The Morgan fingerprint density at radius 2 is 2.05 bits per heavy atom. The molecule has 98 valence electrons. The second-order valence-corrected chi connectivity index (χ2v) is 4.36. The van der Waals surface area contributed by atoms with Gasteiger partial charge in [-0.15, -0.1) is 0 Å². The van der Waals surface area contributed by atoms with Crippen LogP contribution in [0.1, 0.15) is 23.3 Å². The van der Waals surface area contributed by atoms with Crippen LogP contribution in [0.25, 0.3) is 5.95 Å². The van der Waals surface area contributed by atoms with Crippen LogP contribution in [0.3, 0.4) is 0 Å². The molecule has 1 N–H and O–H groups in total. The van der Waals surface area contributed by atoms with Crippen LogP contribution < -0.4 is 4.90 Å². The number of hydrogen-bond donors (Lipinski definition) is 1. The third kappa shape index (κ3) is 2.26. The first-order chi connectivity index (χ1) is 9.24. The van der Waals surface area contributed by atoms with Crippen molar-refractivity contribution < 1.29 is 9.90 Å². The molecule has 0 unspecified atom stereocenters. The second kappa shape index (κ2) is 4.68. The van der Waals surface area contributed by atoms with Crippen molar-refractivity contribution in [2.24, 2.45) is 0 Å². The average molecular weight is 259 g/mol. The van der Waals surface area contributed by atoms with E-state index in [1.807, 2.05) is 6.07 Å². The SMILES string of the molecule is O=C(O)c1ccn(-c2nccc(N3CCCC3)n2)n1.